The first kappa shape index (κ1) is 22.8. The molecule has 6 heteroatoms. The van der Waals surface area contributed by atoms with Crippen LogP contribution in [0.15, 0.2) is 48.5 Å². The minimum atomic E-state index is -0.504. The van der Waals surface area contributed by atoms with E-state index in [9.17, 15) is 9.90 Å². The van der Waals surface area contributed by atoms with Crippen LogP contribution >= 0.6 is 0 Å². The molecule has 0 amide bonds. The minimum absolute atomic E-state index is 0.0100. The average Bonchev–Trinajstić information content (AvgIpc) is 2.82. The van der Waals surface area contributed by atoms with Crippen LogP contribution in [0.1, 0.15) is 36.8 Å². The molecule has 2 aromatic carbocycles. The Labute approximate surface area is 190 Å². The number of hydrogen-bond acceptors (Lipinski definition) is 6. The normalized spacial score (nSPS) is 18.0. The molecule has 2 aliphatic rings. The van der Waals surface area contributed by atoms with Crippen LogP contribution in [0.3, 0.4) is 0 Å². The monoisotopic (exact) mass is 438 g/mol. The smallest absolute Gasteiger partial charge is 0.170 e. The second-order valence-corrected chi connectivity index (χ2v) is 8.83. The molecule has 0 aliphatic carbocycles. The van der Waals surface area contributed by atoms with Crippen molar-refractivity contribution in [3.8, 4) is 5.75 Å². The van der Waals surface area contributed by atoms with Crippen molar-refractivity contribution in [1.29, 1.82) is 0 Å². The first-order valence-corrected chi connectivity index (χ1v) is 11.7. The largest absolute Gasteiger partial charge is 0.486 e. The topological polar surface area (TPSA) is 71.0 Å². The van der Waals surface area contributed by atoms with Crippen molar-refractivity contribution in [3.63, 3.8) is 0 Å². The number of ether oxygens (including phenoxy) is 2. The highest BCUT2D eigenvalue weighted by Crippen LogP contribution is 2.21. The van der Waals surface area contributed by atoms with Crippen molar-refractivity contribution >= 4 is 11.5 Å². The summed E-state index contributed by atoms with van der Waals surface area (Å²) in [6.07, 6.45) is 3.29. The van der Waals surface area contributed by atoms with Crippen LogP contribution in [0.2, 0.25) is 0 Å². The maximum atomic E-state index is 12.3. The van der Waals surface area contributed by atoms with Gasteiger partial charge < -0.3 is 19.9 Å². The van der Waals surface area contributed by atoms with Gasteiger partial charge in [0, 0.05) is 57.1 Å². The molecule has 2 heterocycles. The Morgan fingerprint density at radius 3 is 2.81 bits per heavy atom. The van der Waals surface area contributed by atoms with Gasteiger partial charge in [-0.3, -0.25) is 9.69 Å². The molecular formula is C26H34N2O4. The minimum Gasteiger partial charge on any atom is -0.486 e. The summed E-state index contributed by atoms with van der Waals surface area (Å²) in [6, 6.07) is 16.6. The molecule has 0 aromatic heterocycles. The predicted molar refractivity (Wildman–Crippen MR) is 125 cm³/mol. The number of ketones is 1. The van der Waals surface area contributed by atoms with Gasteiger partial charge in [-0.1, -0.05) is 30.3 Å². The fraction of sp³-hybridized carbons (Fsp3) is 0.500. The predicted octanol–water partition coefficient (Wildman–Crippen LogP) is 3.42. The number of benzene rings is 2. The molecule has 0 saturated carbocycles. The van der Waals surface area contributed by atoms with Gasteiger partial charge in [0.25, 0.3) is 0 Å². The van der Waals surface area contributed by atoms with E-state index in [1.54, 1.807) is 0 Å². The van der Waals surface area contributed by atoms with Crippen molar-refractivity contribution in [2.24, 2.45) is 0 Å². The van der Waals surface area contributed by atoms with E-state index in [0.717, 1.165) is 51.3 Å². The van der Waals surface area contributed by atoms with E-state index in [2.05, 4.69) is 34.5 Å². The van der Waals surface area contributed by atoms with E-state index in [1.165, 1.54) is 11.1 Å². The van der Waals surface area contributed by atoms with Crippen molar-refractivity contribution in [1.82, 2.24) is 4.90 Å². The lowest BCUT2D eigenvalue weighted by atomic mass is 9.99. The van der Waals surface area contributed by atoms with Crippen molar-refractivity contribution in [2.75, 3.05) is 38.2 Å². The first-order chi connectivity index (χ1) is 15.7. The van der Waals surface area contributed by atoms with Crippen LogP contribution in [0.4, 0.5) is 5.69 Å². The molecule has 1 saturated heterocycles. The SMILES string of the molecule is O=C(CCC(O)CN1CCc2ccccc2C1)COc1cccc(NC2CCOCC2)c1. The molecule has 1 atom stereocenters. The molecule has 2 aliphatic heterocycles. The van der Waals surface area contributed by atoms with Gasteiger partial charge in [-0.15, -0.1) is 0 Å². The summed E-state index contributed by atoms with van der Waals surface area (Å²) >= 11 is 0. The Balaban J connectivity index is 1.16. The summed E-state index contributed by atoms with van der Waals surface area (Å²) < 4.78 is 11.1. The Kier molecular flexibility index (Phi) is 8.15. The van der Waals surface area contributed by atoms with Gasteiger partial charge in [-0.25, -0.2) is 0 Å². The van der Waals surface area contributed by atoms with Gasteiger partial charge in [0.05, 0.1) is 6.10 Å². The van der Waals surface area contributed by atoms with E-state index in [0.29, 0.717) is 31.2 Å². The molecule has 2 N–H and O–H groups in total. The number of Topliss-reactive ketones (excluding diaryl/α,β-unsaturated/α-hetero) is 1. The molecule has 1 unspecified atom stereocenters. The Morgan fingerprint density at radius 2 is 1.97 bits per heavy atom. The number of nitrogens with one attached hydrogen (secondary N) is 1. The zero-order valence-electron chi connectivity index (χ0n) is 18.7. The van der Waals surface area contributed by atoms with Crippen LogP contribution < -0.4 is 10.1 Å². The standard InChI is InChI=1S/C26H34N2O4/c29-24(18-28-13-10-20-4-1-2-5-21(20)17-28)8-9-25(30)19-32-26-7-3-6-23(16-26)27-22-11-14-31-15-12-22/h1-7,16,22,24,27,29H,8-15,17-19H2. The molecule has 0 bridgehead atoms. The van der Waals surface area contributed by atoms with E-state index >= 15 is 0 Å². The quantitative estimate of drug-likeness (QED) is 0.592. The number of carbonyl (C=O) groups excluding carboxylic acids is 1. The van der Waals surface area contributed by atoms with Gasteiger partial charge in [0.1, 0.15) is 12.4 Å². The Morgan fingerprint density at radius 1 is 1.16 bits per heavy atom. The fourth-order valence-corrected chi connectivity index (χ4v) is 4.42. The Hall–Kier alpha value is -2.41. The maximum absolute atomic E-state index is 12.3. The third-order valence-corrected chi connectivity index (χ3v) is 6.26. The van der Waals surface area contributed by atoms with E-state index in [-0.39, 0.29) is 12.4 Å². The average molecular weight is 439 g/mol. The van der Waals surface area contributed by atoms with Crippen LogP contribution in [-0.4, -0.2) is 60.8 Å². The lowest BCUT2D eigenvalue weighted by Crippen LogP contribution is -2.36. The lowest BCUT2D eigenvalue weighted by molar-refractivity contribution is -0.121. The molecule has 4 rings (SSSR count). The molecule has 172 valence electrons. The summed E-state index contributed by atoms with van der Waals surface area (Å²) in [5.41, 5.74) is 3.74. The number of β-amino-alcohol motifs (C(OH)–C–C–N with tert-alkyl or cyclic N) is 1. The highest BCUT2D eigenvalue weighted by Gasteiger charge is 2.19. The molecule has 1 fully saturated rings. The summed E-state index contributed by atoms with van der Waals surface area (Å²) in [4.78, 5) is 14.6. The molecule has 32 heavy (non-hydrogen) atoms. The van der Waals surface area contributed by atoms with Gasteiger partial charge in [-0.2, -0.15) is 0 Å². The molecule has 0 spiro atoms. The summed E-state index contributed by atoms with van der Waals surface area (Å²) in [7, 11) is 0. The molecular weight excluding hydrogens is 404 g/mol. The number of nitrogens with zero attached hydrogens (tertiary/aromatic N) is 1. The summed E-state index contributed by atoms with van der Waals surface area (Å²) in [6.45, 7) is 4.03. The highest BCUT2D eigenvalue weighted by molar-refractivity contribution is 5.80. The number of fused-ring (bicyclic) bond motifs is 1. The van der Waals surface area contributed by atoms with Crippen LogP contribution in [0.5, 0.6) is 5.75 Å². The van der Waals surface area contributed by atoms with Crippen LogP contribution in [0.25, 0.3) is 0 Å². The summed E-state index contributed by atoms with van der Waals surface area (Å²) in [5, 5.41) is 13.9. The summed E-state index contributed by atoms with van der Waals surface area (Å²) in [5.74, 6) is 0.693. The molecule has 6 nitrogen and oxygen atoms in total. The number of carbonyl (C=O) groups is 1. The fourth-order valence-electron chi connectivity index (χ4n) is 4.42. The maximum Gasteiger partial charge on any atom is 0.170 e. The number of aliphatic hydroxyl groups excluding tert-OH is 1. The first-order valence-electron chi connectivity index (χ1n) is 11.7. The van der Waals surface area contributed by atoms with E-state index in [1.807, 2.05) is 24.3 Å². The van der Waals surface area contributed by atoms with E-state index in [4.69, 9.17) is 9.47 Å². The third kappa shape index (κ3) is 6.79. The lowest BCUT2D eigenvalue weighted by Gasteiger charge is -2.30. The van der Waals surface area contributed by atoms with Gasteiger partial charge in [0.15, 0.2) is 5.78 Å². The second kappa shape index (κ2) is 11.5. The van der Waals surface area contributed by atoms with Crippen LogP contribution in [-0.2, 0) is 22.5 Å². The number of aliphatic hydroxyl groups is 1. The number of hydrogen-bond donors (Lipinski definition) is 2. The van der Waals surface area contributed by atoms with Crippen molar-refractivity contribution in [2.45, 2.75) is 50.8 Å². The molecule has 2 aromatic rings. The molecule has 0 radical (unpaired) electrons. The van der Waals surface area contributed by atoms with Crippen molar-refractivity contribution < 1.29 is 19.4 Å². The highest BCUT2D eigenvalue weighted by atomic mass is 16.5. The van der Waals surface area contributed by atoms with Gasteiger partial charge in [0.2, 0.25) is 0 Å². The zero-order chi connectivity index (χ0) is 22.2. The number of anilines is 1. The number of rotatable bonds is 10. The van der Waals surface area contributed by atoms with Crippen LogP contribution in [0, 0.1) is 0 Å². The van der Waals surface area contributed by atoms with E-state index < -0.39 is 6.10 Å². The van der Waals surface area contributed by atoms with Gasteiger partial charge in [-0.05, 0) is 48.9 Å². The second-order valence-electron chi connectivity index (χ2n) is 8.83. The van der Waals surface area contributed by atoms with Gasteiger partial charge >= 0.3 is 0 Å². The third-order valence-electron chi connectivity index (χ3n) is 6.26. The van der Waals surface area contributed by atoms with Crippen molar-refractivity contribution in [3.05, 3.63) is 59.7 Å². The zero-order valence-corrected chi connectivity index (χ0v) is 18.7. The Bertz CT molecular complexity index is 882.